The van der Waals surface area contributed by atoms with Crippen molar-refractivity contribution in [3.8, 4) is 11.5 Å². The third kappa shape index (κ3) is 3.80. The van der Waals surface area contributed by atoms with Crippen LogP contribution in [-0.4, -0.2) is 19.3 Å². The summed E-state index contributed by atoms with van der Waals surface area (Å²) in [5, 5.41) is 12.8. The molecule has 0 heterocycles. The van der Waals surface area contributed by atoms with Gasteiger partial charge in [-0.15, -0.1) is 0 Å². The van der Waals surface area contributed by atoms with Gasteiger partial charge in [-0.25, -0.2) is 0 Å². The molecule has 4 nitrogen and oxygen atoms in total. The lowest BCUT2D eigenvalue weighted by Gasteiger charge is -2.14. The minimum Gasteiger partial charge on any atom is -0.495 e. The lowest BCUT2D eigenvalue weighted by molar-refractivity contribution is 0.282. The number of rotatable bonds is 6. The van der Waals surface area contributed by atoms with E-state index in [0.717, 1.165) is 16.8 Å². The number of nitrogens with one attached hydrogen (secondary N) is 1. The molecule has 0 aliphatic carbocycles. The van der Waals surface area contributed by atoms with Crippen molar-refractivity contribution in [2.24, 2.45) is 0 Å². The van der Waals surface area contributed by atoms with Gasteiger partial charge in [-0.1, -0.05) is 35.9 Å². The second-order valence-electron chi connectivity index (χ2n) is 4.52. The van der Waals surface area contributed by atoms with Gasteiger partial charge in [0, 0.05) is 12.6 Å². The van der Waals surface area contributed by atoms with Crippen LogP contribution >= 0.6 is 11.6 Å². The molecule has 0 aliphatic heterocycles. The second kappa shape index (κ2) is 7.20. The van der Waals surface area contributed by atoms with Crippen molar-refractivity contribution in [3.63, 3.8) is 0 Å². The smallest absolute Gasteiger partial charge is 0.145 e. The summed E-state index contributed by atoms with van der Waals surface area (Å²) >= 11 is 6.13. The molecule has 0 radical (unpaired) electrons. The Morgan fingerprint density at radius 2 is 1.62 bits per heavy atom. The first-order valence-electron chi connectivity index (χ1n) is 6.52. The van der Waals surface area contributed by atoms with Crippen LogP contribution in [0.5, 0.6) is 11.5 Å². The average molecular weight is 308 g/mol. The zero-order chi connectivity index (χ0) is 15.2. The van der Waals surface area contributed by atoms with Gasteiger partial charge in [0.25, 0.3) is 0 Å². The lowest BCUT2D eigenvalue weighted by Crippen LogP contribution is -2.02. The molecule has 0 fully saturated rings. The monoisotopic (exact) mass is 307 g/mol. The molecule has 2 aromatic carbocycles. The largest absolute Gasteiger partial charge is 0.495 e. The SMILES string of the molecule is COc1cc(OC)c(NCc2ccc(CO)cc2)cc1Cl. The minimum absolute atomic E-state index is 0.0512. The number of benzene rings is 2. The van der Waals surface area contributed by atoms with E-state index in [2.05, 4.69) is 5.32 Å². The first-order chi connectivity index (χ1) is 10.2. The maximum Gasteiger partial charge on any atom is 0.145 e. The molecule has 0 spiro atoms. The van der Waals surface area contributed by atoms with Gasteiger partial charge in [0.15, 0.2) is 0 Å². The topological polar surface area (TPSA) is 50.7 Å². The zero-order valence-electron chi connectivity index (χ0n) is 12.0. The van der Waals surface area contributed by atoms with Crippen molar-refractivity contribution in [3.05, 3.63) is 52.5 Å². The maximum atomic E-state index is 9.03. The van der Waals surface area contributed by atoms with E-state index in [9.17, 15) is 0 Å². The van der Waals surface area contributed by atoms with E-state index in [-0.39, 0.29) is 6.61 Å². The molecule has 2 rings (SSSR count). The van der Waals surface area contributed by atoms with Crippen LogP contribution in [0.15, 0.2) is 36.4 Å². The van der Waals surface area contributed by atoms with E-state index >= 15 is 0 Å². The van der Waals surface area contributed by atoms with Crippen LogP contribution in [0.3, 0.4) is 0 Å². The van der Waals surface area contributed by atoms with E-state index in [4.69, 9.17) is 26.2 Å². The summed E-state index contributed by atoms with van der Waals surface area (Å²) in [5.41, 5.74) is 2.79. The Morgan fingerprint density at radius 3 is 2.19 bits per heavy atom. The Morgan fingerprint density at radius 1 is 1.00 bits per heavy atom. The standard InChI is InChI=1S/C16H18ClNO3/c1-20-15-8-16(21-2)14(7-13(15)17)18-9-11-3-5-12(10-19)6-4-11/h3-8,18-19H,9-10H2,1-2H3. The van der Waals surface area contributed by atoms with Gasteiger partial charge in [0.2, 0.25) is 0 Å². The molecule has 112 valence electrons. The second-order valence-corrected chi connectivity index (χ2v) is 4.92. The van der Waals surface area contributed by atoms with E-state index in [1.807, 2.05) is 24.3 Å². The molecule has 21 heavy (non-hydrogen) atoms. The molecule has 0 aromatic heterocycles. The molecule has 0 unspecified atom stereocenters. The van der Waals surface area contributed by atoms with Gasteiger partial charge in [-0.3, -0.25) is 0 Å². The van der Waals surface area contributed by atoms with Crippen LogP contribution < -0.4 is 14.8 Å². The van der Waals surface area contributed by atoms with Gasteiger partial charge in [-0.2, -0.15) is 0 Å². The Bertz CT molecular complexity index is 599. The highest BCUT2D eigenvalue weighted by atomic mass is 35.5. The molecular weight excluding hydrogens is 290 g/mol. The van der Waals surface area contributed by atoms with Crippen LogP contribution in [0.4, 0.5) is 5.69 Å². The number of anilines is 1. The van der Waals surface area contributed by atoms with Crippen molar-refractivity contribution in [2.75, 3.05) is 19.5 Å². The summed E-state index contributed by atoms with van der Waals surface area (Å²) in [5.74, 6) is 1.24. The summed E-state index contributed by atoms with van der Waals surface area (Å²) in [6.45, 7) is 0.681. The number of aliphatic hydroxyl groups excluding tert-OH is 1. The fourth-order valence-electron chi connectivity index (χ4n) is 1.96. The predicted molar refractivity (Wildman–Crippen MR) is 84.2 cm³/mol. The fraction of sp³-hybridized carbons (Fsp3) is 0.250. The van der Waals surface area contributed by atoms with E-state index in [0.29, 0.717) is 23.1 Å². The number of halogens is 1. The first kappa shape index (κ1) is 15.5. The van der Waals surface area contributed by atoms with Crippen LogP contribution in [0.25, 0.3) is 0 Å². The Balaban J connectivity index is 2.13. The molecule has 0 atom stereocenters. The van der Waals surface area contributed by atoms with E-state index < -0.39 is 0 Å². The summed E-state index contributed by atoms with van der Waals surface area (Å²) < 4.78 is 10.5. The van der Waals surface area contributed by atoms with Crippen LogP contribution in [0.1, 0.15) is 11.1 Å². The first-order valence-corrected chi connectivity index (χ1v) is 6.89. The highest BCUT2D eigenvalue weighted by Crippen LogP contribution is 2.36. The van der Waals surface area contributed by atoms with Gasteiger partial charge in [-0.05, 0) is 17.2 Å². The fourth-order valence-corrected chi connectivity index (χ4v) is 2.20. The van der Waals surface area contributed by atoms with Crippen molar-refractivity contribution < 1.29 is 14.6 Å². The molecule has 0 aliphatic rings. The highest BCUT2D eigenvalue weighted by Gasteiger charge is 2.09. The average Bonchev–Trinajstić information content (AvgIpc) is 2.53. The van der Waals surface area contributed by atoms with Gasteiger partial charge in [0.05, 0.1) is 31.5 Å². The number of hydrogen-bond acceptors (Lipinski definition) is 4. The van der Waals surface area contributed by atoms with Crippen molar-refractivity contribution >= 4 is 17.3 Å². The molecule has 2 N–H and O–H groups in total. The maximum absolute atomic E-state index is 9.03. The summed E-state index contributed by atoms with van der Waals surface area (Å²) in [6, 6.07) is 11.3. The quantitative estimate of drug-likeness (QED) is 0.858. The summed E-state index contributed by atoms with van der Waals surface area (Å²) in [6.07, 6.45) is 0. The number of aliphatic hydroxyl groups is 1. The Labute approximate surface area is 129 Å². The molecule has 0 bridgehead atoms. The van der Waals surface area contributed by atoms with Crippen LogP contribution in [0, 0.1) is 0 Å². The van der Waals surface area contributed by atoms with Crippen LogP contribution in [0.2, 0.25) is 5.02 Å². The molecule has 5 heteroatoms. The van der Waals surface area contributed by atoms with Crippen LogP contribution in [-0.2, 0) is 13.2 Å². The van der Waals surface area contributed by atoms with Gasteiger partial charge < -0.3 is 19.9 Å². The Kier molecular flexibility index (Phi) is 5.31. The summed E-state index contributed by atoms with van der Waals surface area (Å²) in [4.78, 5) is 0. The molecule has 0 saturated heterocycles. The predicted octanol–water partition coefficient (Wildman–Crippen LogP) is 3.46. The lowest BCUT2D eigenvalue weighted by atomic mass is 10.1. The van der Waals surface area contributed by atoms with Gasteiger partial charge >= 0.3 is 0 Å². The normalized spacial score (nSPS) is 10.3. The third-order valence-electron chi connectivity index (χ3n) is 3.16. The highest BCUT2D eigenvalue weighted by molar-refractivity contribution is 6.32. The number of methoxy groups -OCH3 is 2. The number of hydrogen-bond donors (Lipinski definition) is 2. The molecule has 0 saturated carbocycles. The zero-order valence-corrected chi connectivity index (χ0v) is 12.8. The minimum atomic E-state index is 0.0512. The van der Waals surface area contributed by atoms with Gasteiger partial charge in [0.1, 0.15) is 11.5 Å². The molecule has 0 amide bonds. The number of ether oxygens (including phenoxy) is 2. The summed E-state index contributed by atoms with van der Waals surface area (Å²) in [7, 11) is 3.17. The van der Waals surface area contributed by atoms with E-state index in [1.54, 1.807) is 26.4 Å². The van der Waals surface area contributed by atoms with Crippen molar-refractivity contribution in [1.82, 2.24) is 0 Å². The molecule has 2 aromatic rings. The van der Waals surface area contributed by atoms with Crippen molar-refractivity contribution in [2.45, 2.75) is 13.2 Å². The van der Waals surface area contributed by atoms with E-state index in [1.165, 1.54) is 0 Å². The third-order valence-corrected chi connectivity index (χ3v) is 3.46. The van der Waals surface area contributed by atoms with Crippen molar-refractivity contribution in [1.29, 1.82) is 0 Å². The Hall–Kier alpha value is -1.91. The molecular formula is C16H18ClNO3.